The Balaban J connectivity index is 2.78. The molecule has 0 saturated carbocycles. The Kier molecular flexibility index (Phi) is 2.85. The summed E-state index contributed by atoms with van der Waals surface area (Å²) in [5.41, 5.74) is 1.07. The van der Waals surface area contributed by atoms with E-state index in [9.17, 15) is 4.57 Å². The van der Waals surface area contributed by atoms with Crippen LogP contribution in [-0.4, -0.2) is 0 Å². The van der Waals surface area contributed by atoms with Gasteiger partial charge in [0.25, 0.3) is 0 Å². The van der Waals surface area contributed by atoms with Crippen LogP contribution >= 0.6 is 20.1 Å². The maximum atomic E-state index is 10.2. The minimum atomic E-state index is -0.261. The molecule has 0 aromatic heterocycles. The Morgan fingerprint density at radius 1 is 1.30 bits per heavy atom. The Morgan fingerprint density at radius 3 is 2.40 bits per heavy atom. The lowest BCUT2D eigenvalue weighted by molar-refractivity contribution is 0.598. The molecule has 0 bridgehead atoms. The maximum Gasteiger partial charge on any atom is 0.329 e. The summed E-state index contributed by atoms with van der Waals surface area (Å²) in [6, 6.07) is 7.37. The summed E-state index contributed by atoms with van der Waals surface area (Å²) in [5.74, 6) is 0. The van der Waals surface area contributed by atoms with Gasteiger partial charge < -0.3 is 0 Å². The van der Waals surface area contributed by atoms with Gasteiger partial charge in [-0.1, -0.05) is 28.3 Å². The second-order valence-corrected chi connectivity index (χ2v) is 3.03. The summed E-state index contributed by atoms with van der Waals surface area (Å²) in [4.78, 5) is 0. The first-order valence-corrected chi connectivity index (χ1v) is 4.41. The van der Waals surface area contributed by atoms with E-state index in [0.29, 0.717) is 6.16 Å². The molecule has 0 aliphatic carbocycles. The summed E-state index contributed by atoms with van der Waals surface area (Å²) in [5, 5.41) is 0.720. The van der Waals surface area contributed by atoms with E-state index in [4.69, 9.17) is 11.6 Å². The third-order valence-electron chi connectivity index (χ3n) is 1.19. The Labute approximate surface area is 66.2 Å². The molecule has 0 N–H and O–H groups in total. The van der Waals surface area contributed by atoms with Gasteiger partial charge in [0.2, 0.25) is 0 Å². The molecule has 0 amide bonds. The molecule has 1 atom stereocenters. The van der Waals surface area contributed by atoms with Crippen molar-refractivity contribution >= 4 is 20.1 Å². The Hall–Kier alpha value is -0.390. The predicted octanol–water partition coefficient (Wildman–Crippen LogP) is 2.86. The van der Waals surface area contributed by atoms with Gasteiger partial charge in [-0.3, -0.25) is 0 Å². The van der Waals surface area contributed by atoms with E-state index in [1.54, 1.807) is 12.1 Å². The van der Waals surface area contributed by atoms with Crippen molar-refractivity contribution in [1.82, 2.24) is 0 Å². The lowest BCUT2D eigenvalue weighted by Crippen LogP contribution is -1.73. The molecule has 0 fully saturated rings. The van der Waals surface area contributed by atoms with E-state index in [-0.39, 0.29) is 8.46 Å². The number of benzene rings is 1. The van der Waals surface area contributed by atoms with Crippen molar-refractivity contribution in [3.8, 4) is 0 Å². The fourth-order valence-corrected chi connectivity index (χ4v) is 1.21. The van der Waals surface area contributed by atoms with Crippen molar-refractivity contribution in [2.45, 2.75) is 6.16 Å². The average molecular weight is 174 g/mol. The topological polar surface area (TPSA) is 17.1 Å². The quantitative estimate of drug-likeness (QED) is 0.629. The van der Waals surface area contributed by atoms with Crippen LogP contribution in [-0.2, 0) is 10.7 Å². The van der Waals surface area contributed by atoms with Gasteiger partial charge in [0.1, 0.15) is 0 Å². The van der Waals surface area contributed by atoms with Crippen molar-refractivity contribution in [2.24, 2.45) is 0 Å². The Bertz CT molecular complexity index is 220. The van der Waals surface area contributed by atoms with E-state index < -0.39 is 0 Å². The molecule has 0 radical (unpaired) electrons. The van der Waals surface area contributed by atoms with Gasteiger partial charge in [0, 0.05) is 5.02 Å². The van der Waals surface area contributed by atoms with Crippen LogP contribution in [0.3, 0.4) is 0 Å². The predicted molar refractivity (Wildman–Crippen MR) is 44.2 cm³/mol. The molecule has 0 aliphatic heterocycles. The van der Waals surface area contributed by atoms with E-state index in [1.165, 1.54) is 0 Å². The highest BCUT2D eigenvalue weighted by molar-refractivity contribution is 7.22. The Morgan fingerprint density at radius 2 is 1.90 bits per heavy atom. The fourth-order valence-electron chi connectivity index (χ4n) is 0.686. The SMILES string of the molecule is O=[PH+]Cc1ccc(Cl)cc1. The molecule has 52 valence electrons. The lowest BCUT2D eigenvalue weighted by atomic mass is 10.2. The number of rotatable bonds is 2. The molecule has 0 saturated heterocycles. The van der Waals surface area contributed by atoms with E-state index in [0.717, 1.165) is 10.6 Å². The van der Waals surface area contributed by atoms with Crippen molar-refractivity contribution < 1.29 is 4.57 Å². The monoisotopic (exact) mass is 173 g/mol. The summed E-state index contributed by atoms with van der Waals surface area (Å²) in [6.07, 6.45) is 0.622. The summed E-state index contributed by atoms with van der Waals surface area (Å²) in [6.45, 7) is 0. The smallest absolute Gasteiger partial charge is 0.0843 e. The van der Waals surface area contributed by atoms with Gasteiger partial charge in [-0.2, -0.15) is 0 Å². The molecule has 1 nitrogen and oxygen atoms in total. The molecule has 10 heavy (non-hydrogen) atoms. The third kappa shape index (κ3) is 2.09. The molecule has 1 rings (SSSR count). The molecule has 1 aromatic carbocycles. The summed E-state index contributed by atoms with van der Waals surface area (Å²) in [7, 11) is -0.261. The minimum Gasteiger partial charge on any atom is -0.0843 e. The van der Waals surface area contributed by atoms with Crippen LogP contribution in [0.4, 0.5) is 0 Å². The van der Waals surface area contributed by atoms with Gasteiger partial charge in [-0.05, 0) is 17.7 Å². The highest BCUT2D eigenvalue weighted by atomic mass is 35.5. The van der Waals surface area contributed by atoms with E-state index in [1.807, 2.05) is 12.1 Å². The zero-order chi connectivity index (χ0) is 7.40. The molecule has 1 aromatic rings. The lowest BCUT2D eigenvalue weighted by Gasteiger charge is -1.89. The zero-order valence-corrected chi connectivity index (χ0v) is 7.06. The largest absolute Gasteiger partial charge is 0.329 e. The summed E-state index contributed by atoms with van der Waals surface area (Å²) >= 11 is 5.64. The number of hydrogen-bond acceptors (Lipinski definition) is 1. The second-order valence-electron chi connectivity index (χ2n) is 1.95. The van der Waals surface area contributed by atoms with Gasteiger partial charge in [0.05, 0.1) is 0 Å². The first-order valence-electron chi connectivity index (χ1n) is 2.92. The first kappa shape index (κ1) is 7.71. The van der Waals surface area contributed by atoms with Crippen LogP contribution in [0, 0.1) is 0 Å². The molecule has 0 heterocycles. The van der Waals surface area contributed by atoms with Gasteiger partial charge in [-0.25, -0.2) is 0 Å². The van der Waals surface area contributed by atoms with E-state index >= 15 is 0 Å². The standard InChI is InChI=1S/C7H6ClOP/c8-7-3-1-6(2-4-7)5-10-9/h1-4H,5H2/p+1. The van der Waals surface area contributed by atoms with E-state index in [2.05, 4.69) is 0 Å². The molecule has 0 spiro atoms. The van der Waals surface area contributed by atoms with Crippen molar-refractivity contribution in [1.29, 1.82) is 0 Å². The van der Waals surface area contributed by atoms with Crippen molar-refractivity contribution in [3.63, 3.8) is 0 Å². The zero-order valence-electron chi connectivity index (χ0n) is 5.30. The number of hydrogen-bond donors (Lipinski definition) is 0. The number of halogens is 1. The van der Waals surface area contributed by atoms with Crippen LogP contribution in [0.15, 0.2) is 24.3 Å². The van der Waals surface area contributed by atoms with Crippen LogP contribution in [0.25, 0.3) is 0 Å². The third-order valence-corrected chi connectivity index (χ3v) is 1.99. The van der Waals surface area contributed by atoms with Crippen LogP contribution < -0.4 is 0 Å². The van der Waals surface area contributed by atoms with Crippen LogP contribution in [0.1, 0.15) is 5.56 Å². The molecule has 1 unspecified atom stereocenters. The highest BCUT2D eigenvalue weighted by Gasteiger charge is 1.95. The van der Waals surface area contributed by atoms with Crippen LogP contribution in [0.2, 0.25) is 5.02 Å². The van der Waals surface area contributed by atoms with Crippen molar-refractivity contribution in [3.05, 3.63) is 34.9 Å². The van der Waals surface area contributed by atoms with Gasteiger partial charge in [-0.15, -0.1) is 0 Å². The first-order chi connectivity index (χ1) is 4.83. The second kappa shape index (κ2) is 3.70. The van der Waals surface area contributed by atoms with Crippen molar-refractivity contribution in [2.75, 3.05) is 0 Å². The highest BCUT2D eigenvalue weighted by Crippen LogP contribution is 2.13. The molecular formula is C7H7ClOP+. The fraction of sp³-hybridized carbons (Fsp3) is 0.143. The van der Waals surface area contributed by atoms with Gasteiger partial charge >= 0.3 is 8.46 Å². The molecular weight excluding hydrogens is 167 g/mol. The minimum absolute atomic E-state index is 0.261. The molecule has 3 heteroatoms. The van der Waals surface area contributed by atoms with Crippen LogP contribution in [0.5, 0.6) is 0 Å². The average Bonchev–Trinajstić information content (AvgIpc) is 1.95. The maximum absolute atomic E-state index is 10.2. The normalized spacial score (nSPS) is 10.1. The van der Waals surface area contributed by atoms with Gasteiger partial charge in [0.15, 0.2) is 6.16 Å². The molecule has 0 aliphatic rings. The summed E-state index contributed by atoms with van der Waals surface area (Å²) < 4.78 is 10.2.